The van der Waals surface area contributed by atoms with E-state index in [0.29, 0.717) is 6.54 Å². The van der Waals surface area contributed by atoms with Crippen LogP contribution in [0, 0.1) is 0 Å². The third-order valence-electron chi connectivity index (χ3n) is 5.43. The van der Waals surface area contributed by atoms with Crippen molar-refractivity contribution in [3.05, 3.63) is 48.0 Å². The van der Waals surface area contributed by atoms with Crippen molar-refractivity contribution < 1.29 is 28.7 Å². The first kappa shape index (κ1) is 29.6. The summed E-state index contributed by atoms with van der Waals surface area (Å²) in [5.41, 5.74) is 0.225. The summed E-state index contributed by atoms with van der Waals surface area (Å²) in [6.45, 7) is 9.28. The number of nitrogens with one attached hydrogen (secondary N) is 3. The van der Waals surface area contributed by atoms with Gasteiger partial charge in [0.15, 0.2) is 0 Å². The lowest BCUT2D eigenvalue weighted by atomic mass is 10.0. The number of alkyl carbamates (subject to hydrolysis) is 1. The van der Waals surface area contributed by atoms with Crippen LogP contribution in [0.4, 0.5) is 4.79 Å². The third-order valence-corrected chi connectivity index (χ3v) is 5.43. The van der Waals surface area contributed by atoms with E-state index in [1.807, 2.05) is 49.4 Å². The van der Waals surface area contributed by atoms with Crippen molar-refractivity contribution in [2.75, 3.05) is 6.61 Å². The molecular weight excluding hydrogens is 474 g/mol. The maximum Gasteiger partial charge on any atom is 0.407 e. The Morgan fingerprint density at radius 3 is 2.35 bits per heavy atom. The van der Waals surface area contributed by atoms with Crippen LogP contribution in [0.25, 0.3) is 10.8 Å². The molecule has 0 aliphatic carbocycles. The molecule has 0 spiro atoms. The molecule has 2 aromatic carbocycles. The Bertz CT molecular complexity index is 1070. The number of ether oxygens (including phenoxy) is 2. The molecule has 0 aliphatic heterocycles. The van der Waals surface area contributed by atoms with Crippen molar-refractivity contribution in [3.8, 4) is 0 Å². The molecule has 3 N–H and O–H groups in total. The lowest BCUT2D eigenvalue weighted by molar-refractivity contribution is -0.144. The summed E-state index contributed by atoms with van der Waals surface area (Å²) < 4.78 is 10.4. The SMILES string of the molecule is CCCCOC(=O)C[C@@H](CC(=O)N[C@@H](C)C(=O)NCc1cccc2ccccc12)NC(=O)OC(C)(C)C. The highest BCUT2D eigenvalue weighted by atomic mass is 16.6. The van der Waals surface area contributed by atoms with Crippen molar-refractivity contribution in [2.24, 2.45) is 0 Å². The van der Waals surface area contributed by atoms with Crippen molar-refractivity contribution in [3.63, 3.8) is 0 Å². The Labute approximate surface area is 218 Å². The smallest absolute Gasteiger partial charge is 0.407 e. The molecule has 2 rings (SSSR count). The number of esters is 1. The van der Waals surface area contributed by atoms with Gasteiger partial charge in [0.25, 0.3) is 0 Å². The van der Waals surface area contributed by atoms with Crippen molar-refractivity contribution >= 4 is 34.6 Å². The second-order valence-corrected chi connectivity index (χ2v) is 9.97. The zero-order chi connectivity index (χ0) is 27.4. The molecule has 202 valence electrons. The molecule has 9 nitrogen and oxygen atoms in total. The molecule has 0 saturated carbocycles. The standard InChI is InChI=1S/C28H39N3O6/c1-6-7-15-36-25(33)17-22(31-27(35)37-28(3,4)5)16-24(32)30-19(2)26(34)29-18-21-13-10-12-20-11-8-9-14-23(20)21/h8-14,19,22H,6-7,15-18H2,1-5H3,(H,29,34)(H,30,32)(H,31,35)/t19-,22+/m0/s1. The Kier molecular flexibility index (Phi) is 11.4. The predicted octanol–water partition coefficient (Wildman–Crippen LogP) is 3.98. The Morgan fingerprint density at radius 2 is 1.65 bits per heavy atom. The first-order valence-electron chi connectivity index (χ1n) is 12.7. The number of rotatable bonds is 12. The zero-order valence-electron chi connectivity index (χ0n) is 22.4. The van der Waals surface area contributed by atoms with E-state index in [4.69, 9.17) is 9.47 Å². The lowest BCUT2D eigenvalue weighted by Gasteiger charge is -2.23. The quantitative estimate of drug-likeness (QED) is 0.291. The van der Waals surface area contributed by atoms with E-state index in [-0.39, 0.29) is 25.4 Å². The van der Waals surface area contributed by atoms with E-state index in [1.165, 1.54) is 0 Å². The van der Waals surface area contributed by atoms with Gasteiger partial charge >= 0.3 is 12.1 Å². The van der Waals surface area contributed by atoms with E-state index in [1.54, 1.807) is 27.7 Å². The minimum atomic E-state index is -0.852. The van der Waals surface area contributed by atoms with Gasteiger partial charge in [-0.25, -0.2) is 4.79 Å². The minimum Gasteiger partial charge on any atom is -0.466 e. The molecule has 3 amide bonds. The van der Waals surface area contributed by atoms with E-state index >= 15 is 0 Å². The Morgan fingerprint density at radius 1 is 0.946 bits per heavy atom. The van der Waals surface area contributed by atoms with Gasteiger partial charge in [-0.15, -0.1) is 0 Å². The van der Waals surface area contributed by atoms with Gasteiger partial charge in [-0.05, 0) is 50.5 Å². The fourth-order valence-electron chi connectivity index (χ4n) is 3.61. The maximum absolute atomic E-state index is 12.7. The van der Waals surface area contributed by atoms with Crippen LogP contribution in [-0.2, 0) is 30.4 Å². The van der Waals surface area contributed by atoms with Crippen LogP contribution >= 0.6 is 0 Å². The Hall–Kier alpha value is -3.62. The summed E-state index contributed by atoms with van der Waals surface area (Å²) in [6, 6.07) is 12.1. The van der Waals surface area contributed by atoms with Crippen LogP contribution in [0.2, 0.25) is 0 Å². The number of unbranched alkanes of at least 4 members (excludes halogenated alkanes) is 1. The summed E-state index contributed by atoms with van der Waals surface area (Å²) in [7, 11) is 0. The van der Waals surface area contributed by atoms with E-state index in [2.05, 4.69) is 16.0 Å². The normalized spacial score (nSPS) is 12.8. The Balaban J connectivity index is 1.93. The van der Waals surface area contributed by atoms with Crippen LogP contribution in [0.3, 0.4) is 0 Å². The monoisotopic (exact) mass is 513 g/mol. The summed E-state index contributed by atoms with van der Waals surface area (Å²) in [5, 5.41) is 10.2. The molecule has 0 bridgehead atoms. The number of benzene rings is 2. The number of carbonyl (C=O) groups excluding carboxylic acids is 4. The van der Waals surface area contributed by atoms with Gasteiger partial charge in [0.2, 0.25) is 11.8 Å². The van der Waals surface area contributed by atoms with E-state index in [0.717, 1.165) is 29.2 Å². The second kappa shape index (κ2) is 14.2. The van der Waals surface area contributed by atoms with Crippen LogP contribution in [-0.4, -0.2) is 48.2 Å². The largest absolute Gasteiger partial charge is 0.466 e. The van der Waals surface area contributed by atoms with Gasteiger partial charge in [0.1, 0.15) is 11.6 Å². The highest BCUT2D eigenvalue weighted by Gasteiger charge is 2.25. The minimum absolute atomic E-state index is 0.196. The van der Waals surface area contributed by atoms with Crippen LogP contribution in [0.5, 0.6) is 0 Å². The average molecular weight is 514 g/mol. The van der Waals surface area contributed by atoms with E-state index in [9.17, 15) is 19.2 Å². The molecule has 0 unspecified atom stereocenters. The number of carbonyl (C=O) groups is 4. The number of hydrogen-bond donors (Lipinski definition) is 3. The molecular formula is C28H39N3O6. The van der Waals surface area contributed by atoms with Crippen LogP contribution < -0.4 is 16.0 Å². The molecule has 0 radical (unpaired) electrons. The summed E-state index contributed by atoms with van der Waals surface area (Å²) >= 11 is 0. The van der Waals surface area contributed by atoms with Gasteiger partial charge in [0, 0.05) is 13.0 Å². The maximum atomic E-state index is 12.7. The molecule has 2 atom stereocenters. The van der Waals surface area contributed by atoms with E-state index < -0.39 is 35.7 Å². The third kappa shape index (κ3) is 10.9. The highest BCUT2D eigenvalue weighted by molar-refractivity contribution is 5.89. The van der Waals surface area contributed by atoms with Crippen molar-refractivity contribution in [1.29, 1.82) is 0 Å². The zero-order valence-corrected chi connectivity index (χ0v) is 22.4. The molecule has 0 fully saturated rings. The fraction of sp³-hybridized carbons (Fsp3) is 0.500. The molecule has 0 saturated heterocycles. The van der Waals surface area contributed by atoms with Gasteiger partial charge < -0.3 is 25.4 Å². The molecule has 0 aromatic heterocycles. The second-order valence-electron chi connectivity index (χ2n) is 9.97. The van der Waals surface area contributed by atoms with Gasteiger partial charge in [0.05, 0.1) is 19.1 Å². The summed E-state index contributed by atoms with van der Waals surface area (Å²) in [5.74, 6) is -1.37. The highest BCUT2D eigenvalue weighted by Crippen LogP contribution is 2.18. The fourth-order valence-corrected chi connectivity index (χ4v) is 3.61. The molecule has 0 aliphatic rings. The number of hydrogen-bond acceptors (Lipinski definition) is 6. The summed E-state index contributed by atoms with van der Waals surface area (Å²) in [4.78, 5) is 49.8. The topological polar surface area (TPSA) is 123 Å². The van der Waals surface area contributed by atoms with Gasteiger partial charge in [-0.1, -0.05) is 55.8 Å². The lowest BCUT2D eigenvalue weighted by Crippen LogP contribution is -2.47. The molecule has 9 heteroatoms. The molecule has 0 heterocycles. The first-order valence-corrected chi connectivity index (χ1v) is 12.7. The van der Waals surface area contributed by atoms with Crippen LogP contribution in [0.1, 0.15) is 65.9 Å². The average Bonchev–Trinajstić information content (AvgIpc) is 2.81. The number of amides is 3. The number of fused-ring (bicyclic) bond motifs is 1. The summed E-state index contributed by atoms with van der Waals surface area (Å²) in [6.07, 6.45) is 0.436. The van der Waals surface area contributed by atoms with Gasteiger partial charge in [-0.3, -0.25) is 14.4 Å². The van der Waals surface area contributed by atoms with Crippen LogP contribution in [0.15, 0.2) is 42.5 Å². The van der Waals surface area contributed by atoms with Crippen molar-refractivity contribution in [2.45, 2.75) is 84.5 Å². The predicted molar refractivity (Wildman–Crippen MR) is 142 cm³/mol. The molecule has 2 aromatic rings. The van der Waals surface area contributed by atoms with Gasteiger partial charge in [-0.2, -0.15) is 0 Å². The van der Waals surface area contributed by atoms with Crippen molar-refractivity contribution in [1.82, 2.24) is 16.0 Å². The first-order chi connectivity index (χ1) is 17.5. The molecule has 37 heavy (non-hydrogen) atoms.